The number of hydrogen-bond acceptors (Lipinski definition) is 11. The zero-order valence-corrected chi connectivity index (χ0v) is 35.8. The van der Waals surface area contributed by atoms with Crippen LogP contribution in [0, 0.1) is 6.92 Å². The summed E-state index contributed by atoms with van der Waals surface area (Å²) in [6, 6.07) is 33.9. The number of halogens is 6. The number of phenols is 2. The summed E-state index contributed by atoms with van der Waals surface area (Å²) in [6.07, 6.45) is -9.06. The Hall–Kier alpha value is -8.41. The molecule has 0 radical (unpaired) electrons. The van der Waals surface area contributed by atoms with E-state index in [9.17, 15) is 41.4 Å². The Kier molecular flexibility index (Phi) is 13.5. The van der Waals surface area contributed by atoms with Crippen molar-refractivity contribution in [1.82, 2.24) is 29.9 Å². The predicted octanol–water partition coefficient (Wildman–Crippen LogP) is 11.5. The molecule has 0 atom stereocenters. The van der Waals surface area contributed by atoms with Gasteiger partial charge in [0.05, 0.1) is 42.2 Å². The van der Waals surface area contributed by atoms with E-state index in [1.807, 2.05) is 36.4 Å². The summed E-state index contributed by atoms with van der Waals surface area (Å²) in [4.78, 5) is 38.5. The van der Waals surface area contributed by atoms with Gasteiger partial charge in [-0.15, -0.1) is 0 Å². The fourth-order valence-corrected chi connectivity index (χ4v) is 6.66. The second-order valence-corrected chi connectivity index (χ2v) is 14.6. The number of amides is 1. The number of aryl methyl sites for hydroxylation is 1. The van der Waals surface area contributed by atoms with Gasteiger partial charge in [0, 0.05) is 41.3 Å². The summed E-state index contributed by atoms with van der Waals surface area (Å²) in [7, 11) is 2.94. The molecule has 0 aliphatic carbocycles. The van der Waals surface area contributed by atoms with Crippen LogP contribution in [-0.2, 0) is 17.1 Å². The molecule has 8 rings (SSSR count). The van der Waals surface area contributed by atoms with E-state index in [1.54, 1.807) is 48.5 Å². The van der Waals surface area contributed by atoms with E-state index in [0.717, 1.165) is 18.2 Å². The Morgan fingerprint density at radius 1 is 0.507 bits per heavy atom. The largest absolute Gasteiger partial charge is 0.507 e. The van der Waals surface area contributed by atoms with Gasteiger partial charge in [-0.2, -0.15) is 26.3 Å². The van der Waals surface area contributed by atoms with Crippen molar-refractivity contribution in [3.63, 3.8) is 0 Å². The van der Waals surface area contributed by atoms with Crippen LogP contribution in [0.5, 0.6) is 23.0 Å². The molecule has 0 spiro atoms. The number of carbonyl (C=O) groups excluding carboxylic acids is 1. The maximum atomic E-state index is 13.3. The quantitative estimate of drug-likeness (QED) is 0.118. The number of hydrogen-bond donors (Lipinski definition) is 3. The number of carbonyl (C=O) groups is 1. The van der Waals surface area contributed by atoms with Gasteiger partial charge in [0.25, 0.3) is 0 Å². The Morgan fingerprint density at radius 3 is 1.36 bits per heavy atom. The van der Waals surface area contributed by atoms with E-state index in [-0.39, 0.29) is 63.0 Å². The first-order valence-electron chi connectivity index (χ1n) is 20.0. The molecule has 340 valence electrons. The average molecular weight is 918 g/mol. The Labute approximate surface area is 378 Å². The average Bonchev–Trinajstić information content (AvgIpc) is 3.31. The highest BCUT2D eigenvalue weighted by Gasteiger charge is 2.33. The number of ether oxygens (including phenoxy) is 2. The number of rotatable bonds is 9. The minimum absolute atomic E-state index is 0.0153. The summed E-state index contributed by atoms with van der Waals surface area (Å²) < 4.78 is 89.8. The van der Waals surface area contributed by atoms with E-state index >= 15 is 0 Å². The van der Waals surface area contributed by atoms with Crippen LogP contribution in [0.2, 0.25) is 0 Å². The molecule has 12 nitrogen and oxygen atoms in total. The van der Waals surface area contributed by atoms with E-state index < -0.39 is 29.4 Å². The van der Waals surface area contributed by atoms with Crippen LogP contribution in [-0.4, -0.2) is 60.2 Å². The third-order valence-electron chi connectivity index (χ3n) is 9.91. The lowest BCUT2D eigenvalue weighted by Gasteiger charge is -2.15. The molecule has 67 heavy (non-hydrogen) atoms. The number of aromatic hydroxyl groups is 2. The van der Waals surface area contributed by atoms with Crippen LogP contribution < -0.4 is 14.8 Å². The molecule has 0 fully saturated rings. The van der Waals surface area contributed by atoms with Crippen molar-refractivity contribution in [2.45, 2.75) is 26.2 Å². The van der Waals surface area contributed by atoms with Crippen LogP contribution in [0.3, 0.4) is 0 Å². The molecule has 0 aliphatic rings. The van der Waals surface area contributed by atoms with Crippen molar-refractivity contribution in [3.8, 4) is 91.3 Å². The molecule has 18 heteroatoms. The first kappa shape index (κ1) is 46.6. The second-order valence-electron chi connectivity index (χ2n) is 14.6. The van der Waals surface area contributed by atoms with Gasteiger partial charge in [-0.1, -0.05) is 66.7 Å². The van der Waals surface area contributed by atoms with Crippen LogP contribution >= 0.6 is 0 Å². The Balaban J connectivity index is 0.000000200. The van der Waals surface area contributed by atoms with Gasteiger partial charge in [0.1, 0.15) is 23.0 Å². The van der Waals surface area contributed by atoms with Gasteiger partial charge >= 0.3 is 12.4 Å². The number of aromatic nitrogens is 6. The lowest BCUT2D eigenvalue weighted by atomic mass is 10.0. The molecule has 0 unspecified atom stereocenters. The van der Waals surface area contributed by atoms with E-state index in [0.29, 0.717) is 39.6 Å². The fraction of sp³-hybridized carbons (Fsp3) is 0.122. The van der Waals surface area contributed by atoms with Gasteiger partial charge in [0.2, 0.25) is 5.91 Å². The molecule has 0 aliphatic heterocycles. The lowest BCUT2D eigenvalue weighted by molar-refractivity contribution is -0.138. The highest BCUT2D eigenvalue weighted by Crippen LogP contribution is 2.39. The highest BCUT2D eigenvalue weighted by molar-refractivity contribution is 5.93. The maximum Gasteiger partial charge on any atom is 0.416 e. The van der Waals surface area contributed by atoms with Gasteiger partial charge in [0.15, 0.2) is 34.9 Å². The van der Waals surface area contributed by atoms with Crippen molar-refractivity contribution in [3.05, 3.63) is 150 Å². The number of phenolic OH excluding ortho intramolecular Hbond substituents is 2. The van der Waals surface area contributed by atoms with E-state index in [4.69, 9.17) is 9.47 Å². The smallest absolute Gasteiger partial charge is 0.416 e. The third kappa shape index (κ3) is 10.9. The predicted molar refractivity (Wildman–Crippen MR) is 238 cm³/mol. The van der Waals surface area contributed by atoms with Crippen LogP contribution in [0.4, 0.5) is 32.0 Å². The summed E-state index contributed by atoms with van der Waals surface area (Å²) in [5.41, 5.74) is 0.795. The zero-order valence-electron chi connectivity index (χ0n) is 35.8. The highest BCUT2D eigenvalue weighted by atomic mass is 19.4. The molecule has 6 aromatic carbocycles. The molecule has 3 N–H and O–H groups in total. The first-order valence-corrected chi connectivity index (χ1v) is 20.0. The number of benzene rings is 6. The molecule has 0 bridgehead atoms. The minimum atomic E-state index is -4.61. The second kappa shape index (κ2) is 19.4. The topological polar surface area (TPSA) is 165 Å². The summed E-state index contributed by atoms with van der Waals surface area (Å²) in [5, 5.41) is 23.4. The van der Waals surface area contributed by atoms with Crippen LogP contribution in [0.1, 0.15) is 23.6 Å². The molecule has 8 aromatic rings. The number of alkyl halides is 6. The van der Waals surface area contributed by atoms with Gasteiger partial charge in [-0.25, -0.2) is 29.9 Å². The molecule has 0 saturated heterocycles. The molecule has 2 heterocycles. The van der Waals surface area contributed by atoms with Crippen molar-refractivity contribution in [2.24, 2.45) is 0 Å². The van der Waals surface area contributed by atoms with Gasteiger partial charge in [-0.3, -0.25) is 4.79 Å². The Bertz CT molecular complexity index is 3080. The SMILES string of the molecule is COc1ccc(-c2nc(-c3ccccc3)nc(-c3ccc(C(F)(F)F)c(C)c3)n2)c(O)c1.COc1ccc(-c2nc(-c3ccccc3)nc(-c3ccc(C(F)(F)F)cc3NC(C)=O)n2)c(O)c1. The van der Waals surface area contributed by atoms with Crippen molar-refractivity contribution in [1.29, 1.82) is 0 Å². The monoisotopic (exact) mass is 917 g/mol. The van der Waals surface area contributed by atoms with Crippen molar-refractivity contribution < 1.29 is 50.8 Å². The first-order chi connectivity index (χ1) is 31.9. The minimum Gasteiger partial charge on any atom is -0.507 e. The zero-order chi connectivity index (χ0) is 48.0. The van der Waals surface area contributed by atoms with E-state index in [2.05, 4.69) is 35.2 Å². The maximum absolute atomic E-state index is 13.3. The standard InChI is InChI=1S/C25H19F3N4O3.C24H18F3N3O2/c1-14(33)29-20-12-16(25(26,27)28)8-10-18(20)23-30-22(15-6-4-3-5-7-15)31-24(32-23)19-11-9-17(35-2)13-21(19)34;1-14-12-16(8-11-19(14)24(25,26)27)22-28-21(15-6-4-3-5-7-15)29-23(30-22)18-10-9-17(32-2)13-20(18)31/h3-13,34H,1-2H3,(H,29,33);3-13,31H,1-2H3. The summed E-state index contributed by atoms with van der Waals surface area (Å²) in [5.74, 6) is 1.11. The molecule has 1 amide bonds. The number of anilines is 1. The Morgan fingerprint density at radius 2 is 0.940 bits per heavy atom. The van der Waals surface area contributed by atoms with Gasteiger partial charge < -0.3 is 25.0 Å². The normalized spacial score (nSPS) is 11.3. The van der Waals surface area contributed by atoms with Crippen LogP contribution in [0.25, 0.3) is 68.3 Å². The van der Waals surface area contributed by atoms with E-state index in [1.165, 1.54) is 58.4 Å². The van der Waals surface area contributed by atoms with Crippen molar-refractivity contribution >= 4 is 11.6 Å². The molecule has 0 saturated carbocycles. The van der Waals surface area contributed by atoms with Crippen molar-refractivity contribution in [2.75, 3.05) is 19.5 Å². The van der Waals surface area contributed by atoms with Gasteiger partial charge in [-0.05, 0) is 67.1 Å². The number of nitrogens with zero attached hydrogens (tertiary/aromatic N) is 6. The molecular weight excluding hydrogens is 881 g/mol. The molecule has 2 aromatic heterocycles. The number of methoxy groups -OCH3 is 2. The molecular formula is C49H37F6N7O5. The lowest BCUT2D eigenvalue weighted by Crippen LogP contribution is -2.11. The number of nitrogens with one attached hydrogen (secondary N) is 1. The van der Waals surface area contributed by atoms with Crippen LogP contribution in [0.15, 0.2) is 133 Å². The summed E-state index contributed by atoms with van der Waals surface area (Å²) in [6.45, 7) is 2.58. The summed E-state index contributed by atoms with van der Waals surface area (Å²) >= 11 is 0. The third-order valence-corrected chi connectivity index (χ3v) is 9.91. The fourth-order valence-electron chi connectivity index (χ4n) is 6.66.